The molecule has 1 N–H and O–H groups in total. The van der Waals surface area contributed by atoms with Crippen LogP contribution in [0.15, 0.2) is 46.3 Å². The quantitative estimate of drug-likeness (QED) is 0.683. The van der Waals surface area contributed by atoms with Gasteiger partial charge in [0, 0.05) is 23.8 Å². The van der Waals surface area contributed by atoms with Crippen molar-refractivity contribution in [2.75, 3.05) is 18.0 Å². The highest BCUT2D eigenvalue weighted by atomic mass is 35.5. The lowest BCUT2D eigenvalue weighted by Gasteiger charge is -2.18. The van der Waals surface area contributed by atoms with E-state index in [2.05, 4.69) is 40.3 Å². The van der Waals surface area contributed by atoms with Gasteiger partial charge in [-0.25, -0.2) is 4.99 Å². The molecule has 144 valence electrons. The summed E-state index contributed by atoms with van der Waals surface area (Å²) in [6, 6.07) is 12.0. The molecule has 4 nitrogen and oxygen atoms in total. The number of hydrogen-bond acceptors (Lipinski definition) is 4. The molecule has 2 heterocycles. The minimum absolute atomic E-state index is 0.119. The highest BCUT2D eigenvalue weighted by Gasteiger charge is 2.24. The van der Waals surface area contributed by atoms with Crippen molar-refractivity contribution in [3.05, 3.63) is 63.0 Å². The largest absolute Gasteiger partial charge is 0.372 e. The third kappa shape index (κ3) is 3.96. The van der Waals surface area contributed by atoms with Gasteiger partial charge in [0.2, 0.25) is 0 Å². The number of aryl methyl sites for hydroxylation is 1. The molecule has 2 fully saturated rings. The predicted octanol–water partition coefficient (Wildman–Crippen LogP) is 5.45. The number of halogens is 1. The zero-order valence-electron chi connectivity index (χ0n) is 16.0. The van der Waals surface area contributed by atoms with Crippen LogP contribution >= 0.6 is 23.4 Å². The number of nitrogens with zero attached hydrogens (tertiary/aromatic N) is 2. The summed E-state index contributed by atoms with van der Waals surface area (Å²) >= 11 is 7.52. The summed E-state index contributed by atoms with van der Waals surface area (Å²) in [4.78, 5) is 20.0. The first-order chi connectivity index (χ1) is 13.5. The van der Waals surface area contributed by atoms with Crippen molar-refractivity contribution in [1.29, 1.82) is 0 Å². The molecule has 0 aliphatic carbocycles. The van der Waals surface area contributed by atoms with Crippen LogP contribution in [0.4, 0.5) is 11.4 Å². The van der Waals surface area contributed by atoms with Crippen molar-refractivity contribution >= 4 is 51.9 Å². The molecule has 0 aromatic heterocycles. The van der Waals surface area contributed by atoms with Gasteiger partial charge in [0.05, 0.1) is 10.6 Å². The van der Waals surface area contributed by atoms with Crippen molar-refractivity contribution in [2.24, 2.45) is 4.99 Å². The van der Waals surface area contributed by atoms with E-state index in [4.69, 9.17) is 11.6 Å². The normalized spacial score (nSPS) is 19.7. The number of hydrogen-bond donors (Lipinski definition) is 1. The lowest BCUT2D eigenvalue weighted by atomic mass is 10.1. The van der Waals surface area contributed by atoms with Crippen molar-refractivity contribution in [2.45, 2.75) is 26.7 Å². The molecule has 0 radical (unpaired) electrons. The van der Waals surface area contributed by atoms with E-state index in [1.54, 1.807) is 0 Å². The van der Waals surface area contributed by atoms with Crippen LogP contribution in [-0.2, 0) is 4.79 Å². The summed E-state index contributed by atoms with van der Waals surface area (Å²) in [6.45, 7) is 6.26. The lowest BCUT2D eigenvalue weighted by Crippen LogP contribution is -2.19. The fourth-order valence-corrected chi connectivity index (χ4v) is 4.44. The van der Waals surface area contributed by atoms with Crippen LogP contribution in [0.1, 0.15) is 29.5 Å². The standard InChI is InChI=1S/C22H22ClN3OS/c1-14-12-17(26-10-3-4-11-26)9-8-16(14)13-20-21(27)25-22(28-20)24-19-7-5-6-18(23)15(19)2/h5-9,12-13H,3-4,10-11H2,1-2H3,(H,24,25,27). The van der Waals surface area contributed by atoms with Crippen molar-refractivity contribution < 1.29 is 4.79 Å². The smallest absolute Gasteiger partial charge is 0.264 e. The van der Waals surface area contributed by atoms with Crippen molar-refractivity contribution in [3.63, 3.8) is 0 Å². The number of aliphatic imine (C=N–C) groups is 1. The van der Waals surface area contributed by atoms with Gasteiger partial charge in [-0.2, -0.15) is 0 Å². The number of amides is 1. The van der Waals surface area contributed by atoms with E-state index in [-0.39, 0.29) is 5.91 Å². The van der Waals surface area contributed by atoms with Crippen molar-refractivity contribution in [3.8, 4) is 0 Å². The van der Waals surface area contributed by atoms with E-state index in [0.717, 1.165) is 29.9 Å². The van der Waals surface area contributed by atoms with E-state index in [1.807, 2.05) is 31.2 Å². The molecule has 0 bridgehead atoms. The maximum Gasteiger partial charge on any atom is 0.264 e. The summed E-state index contributed by atoms with van der Waals surface area (Å²) in [5.41, 5.74) is 5.15. The zero-order chi connectivity index (χ0) is 19.7. The third-order valence-electron chi connectivity index (χ3n) is 5.12. The molecule has 0 saturated carbocycles. The minimum atomic E-state index is -0.119. The summed E-state index contributed by atoms with van der Waals surface area (Å²) in [5.74, 6) is -0.119. The Balaban J connectivity index is 1.56. The fraction of sp³-hybridized carbons (Fsp3) is 0.273. The molecule has 2 aliphatic heterocycles. The number of nitrogens with one attached hydrogen (secondary N) is 1. The van der Waals surface area contributed by atoms with Crippen LogP contribution in [0.25, 0.3) is 6.08 Å². The van der Waals surface area contributed by atoms with Gasteiger partial charge in [-0.15, -0.1) is 0 Å². The summed E-state index contributed by atoms with van der Waals surface area (Å²) in [7, 11) is 0. The molecule has 2 saturated heterocycles. The second kappa shape index (κ2) is 8.02. The number of rotatable bonds is 3. The van der Waals surface area contributed by atoms with Gasteiger partial charge in [0.15, 0.2) is 5.17 Å². The number of anilines is 1. The Hall–Kier alpha value is -2.24. The van der Waals surface area contributed by atoms with Crippen molar-refractivity contribution in [1.82, 2.24) is 5.32 Å². The average molecular weight is 412 g/mol. The lowest BCUT2D eigenvalue weighted by molar-refractivity contribution is -0.115. The molecule has 1 amide bonds. The molecule has 0 unspecified atom stereocenters. The molecule has 4 rings (SSSR count). The Labute approximate surface area is 174 Å². The highest BCUT2D eigenvalue weighted by molar-refractivity contribution is 8.18. The molecule has 0 atom stereocenters. The van der Waals surface area contributed by atoms with Gasteiger partial charge in [0.1, 0.15) is 0 Å². The maximum atomic E-state index is 12.4. The number of amidine groups is 1. The summed E-state index contributed by atoms with van der Waals surface area (Å²) in [5, 5.41) is 4.09. The van der Waals surface area contributed by atoms with E-state index in [9.17, 15) is 4.79 Å². The summed E-state index contributed by atoms with van der Waals surface area (Å²) in [6.07, 6.45) is 4.46. The Morgan fingerprint density at radius 2 is 1.96 bits per heavy atom. The third-order valence-corrected chi connectivity index (χ3v) is 6.44. The molecule has 0 spiro atoms. The number of benzene rings is 2. The first kappa shape index (κ1) is 19.1. The van der Waals surface area contributed by atoms with Crippen LogP contribution in [0, 0.1) is 13.8 Å². The second-order valence-electron chi connectivity index (χ2n) is 7.10. The van der Waals surface area contributed by atoms with Crippen LogP contribution in [0.2, 0.25) is 5.02 Å². The van der Waals surface area contributed by atoms with E-state index in [1.165, 1.54) is 35.9 Å². The number of carbonyl (C=O) groups is 1. The van der Waals surface area contributed by atoms with E-state index >= 15 is 0 Å². The molecule has 28 heavy (non-hydrogen) atoms. The molecular weight excluding hydrogens is 390 g/mol. The number of carbonyl (C=O) groups excluding carboxylic acids is 1. The van der Waals surface area contributed by atoms with Crippen LogP contribution in [0.5, 0.6) is 0 Å². The van der Waals surface area contributed by atoms with Gasteiger partial charge in [0.25, 0.3) is 5.91 Å². The Morgan fingerprint density at radius 3 is 2.71 bits per heavy atom. The molecule has 2 aromatic carbocycles. The molecule has 2 aliphatic rings. The predicted molar refractivity (Wildman–Crippen MR) is 120 cm³/mol. The summed E-state index contributed by atoms with van der Waals surface area (Å²) < 4.78 is 0. The highest BCUT2D eigenvalue weighted by Crippen LogP contribution is 2.32. The Morgan fingerprint density at radius 1 is 1.18 bits per heavy atom. The zero-order valence-corrected chi connectivity index (χ0v) is 17.5. The van der Waals surface area contributed by atoms with Gasteiger partial charge < -0.3 is 10.2 Å². The van der Waals surface area contributed by atoms with E-state index < -0.39 is 0 Å². The van der Waals surface area contributed by atoms with Crippen LogP contribution in [0.3, 0.4) is 0 Å². The molecular formula is C22H22ClN3OS. The van der Waals surface area contributed by atoms with Gasteiger partial charge in [-0.05, 0) is 85.5 Å². The maximum absolute atomic E-state index is 12.4. The van der Waals surface area contributed by atoms with Gasteiger partial charge in [-0.3, -0.25) is 4.79 Å². The molecule has 2 aromatic rings. The van der Waals surface area contributed by atoms with Gasteiger partial charge in [-0.1, -0.05) is 23.7 Å². The Kier molecular flexibility index (Phi) is 5.47. The first-order valence-corrected chi connectivity index (χ1v) is 10.6. The van der Waals surface area contributed by atoms with Gasteiger partial charge >= 0.3 is 0 Å². The first-order valence-electron chi connectivity index (χ1n) is 9.41. The second-order valence-corrected chi connectivity index (χ2v) is 8.54. The Bertz CT molecular complexity index is 993. The van der Waals surface area contributed by atoms with Crippen LogP contribution < -0.4 is 10.2 Å². The molecule has 6 heteroatoms. The SMILES string of the molecule is Cc1cc(N2CCCC2)ccc1C=C1SC(=Nc2cccc(Cl)c2C)NC1=O. The fourth-order valence-electron chi connectivity index (χ4n) is 3.44. The monoisotopic (exact) mass is 411 g/mol. The topological polar surface area (TPSA) is 44.7 Å². The van der Waals surface area contributed by atoms with E-state index in [0.29, 0.717) is 15.1 Å². The average Bonchev–Trinajstić information content (AvgIpc) is 3.31. The minimum Gasteiger partial charge on any atom is -0.372 e. The number of thioether (sulfide) groups is 1. The van der Waals surface area contributed by atoms with Crippen LogP contribution in [-0.4, -0.2) is 24.2 Å².